The van der Waals surface area contributed by atoms with Crippen LogP contribution in [-0.4, -0.2) is 15.0 Å². The molecule has 4 rings (SSSR count). The molecule has 0 saturated heterocycles. The van der Waals surface area contributed by atoms with E-state index in [-0.39, 0.29) is 0 Å². The van der Waals surface area contributed by atoms with Crippen molar-refractivity contribution in [2.45, 2.75) is 0 Å². The molecule has 0 amide bonds. The van der Waals surface area contributed by atoms with Gasteiger partial charge in [0, 0.05) is 32.7 Å². The molecule has 4 aromatic rings. The molecule has 128 valence electrons. The van der Waals surface area contributed by atoms with Crippen molar-refractivity contribution in [3.05, 3.63) is 80.6 Å². The SMILES string of the molecule is Clc1cccc(-c2nc(-c3cccc(I)c3)c(-c3ccncc3)[nH]2)c1Cl. The lowest BCUT2D eigenvalue weighted by molar-refractivity contribution is 1.30. The molecule has 0 fully saturated rings. The molecule has 0 spiro atoms. The normalized spacial score (nSPS) is 10.9. The summed E-state index contributed by atoms with van der Waals surface area (Å²) >= 11 is 14.9. The highest BCUT2D eigenvalue weighted by atomic mass is 127. The van der Waals surface area contributed by atoms with E-state index >= 15 is 0 Å². The molecular formula is C20H12Cl2IN3. The zero-order chi connectivity index (χ0) is 18.1. The second-order valence-corrected chi connectivity index (χ2v) is 7.69. The molecule has 0 aliphatic carbocycles. The van der Waals surface area contributed by atoms with Crippen LogP contribution < -0.4 is 0 Å². The Kier molecular flexibility index (Phi) is 4.98. The highest BCUT2D eigenvalue weighted by Crippen LogP contribution is 2.37. The zero-order valence-corrected chi connectivity index (χ0v) is 17.0. The fourth-order valence-electron chi connectivity index (χ4n) is 2.76. The molecule has 0 bridgehead atoms. The Morgan fingerprint density at radius 2 is 1.65 bits per heavy atom. The molecule has 26 heavy (non-hydrogen) atoms. The molecule has 0 atom stereocenters. The van der Waals surface area contributed by atoms with Crippen LogP contribution in [0, 0.1) is 3.57 Å². The van der Waals surface area contributed by atoms with Crippen molar-refractivity contribution in [3.8, 4) is 33.9 Å². The van der Waals surface area contributed by atoms with Crippen LogP contribution in [-0.2, 0) is 0 Å². The number of benzene rings is 2. The summed E-state index contributed by atoms with van der Waals surface area (Å²) in [4.78, 5) is 12.4. The van der Waals surface area contributed by atoms with Gasteiger partial charge in [0.15, 0.2) is 0 Å². The minimum Gasteiger partial charge on any atom is -0.337 e. The summed E-state index contributed by atoms with van der Waals surface area (Å²) in [6, 6.07) is 17.7. The predicted molar refractivity (Wildman–Crippen MR) is 115 cm³/mol. The van der Waals surface area contributed by atoms with Gasteiger partial charge in [0.05, 0.1) is 21.4 Å². The van der Waals surface area contributed by atoms with Crippen molar-refractivity contribution in [2.24, 2.45) is 0 Å². The van der Waals surface area contributed by atoms with Crippen molar-refractivity contribution < 1.29 is 0 Å². The van der Waals surface area contributed by atoms with Crippen LogP contribution in [0.25, 0.3) is 33.9 Å². The molecule has 3 nitrogen and oxygen atoms in total. The summed E-state index contributed by atoms with van der Waals surface area (Å²) in [7, 11) is 0. The second-order valence-electron chi connectivity index (χ2n) is 5.66. The molecule has 2 aromatic carbocycles. The Morgan fingerprint density at radius 3 is 2.42 bits per heavy atom. The quantitative estimate of drug-likeness (QED) is 0.323. The van der Waals surface area contributed by atoms with Gasteiger partial charge in [-0.1, -0.05) is 41.4 Å². The summed E-state index contributed by atoms with van der Waals surface area (Å²) in [6.07, 6.45) is 3.53. The van der Waals surface area contributed by atoms with Crippen LogP contribution in [0.2, 0.25) is 10.0 Å². The number of imidazole rings is 1. The number of nitrogens with one attached hydrogen (secondary N) is 1. The van der Waals surface area contributed by atoms with Gasteiger partial charge in [0.1, 0.15) is 5.82 Å². The van der Waals surface area contributed by atoms with Gasteiger partial charge in [-0.25, -0.2) is 4.98 Å². The number of aromatic nitrogens is 3. The van der Waals surface area contributed by atoms with E-state index in [9.17, 15) is 0 Å². The van der Waals surface area contributed by atoms with E-state index in [1.165, 1.54) is 0 Å². The van der Waals surface area contributed by atoms with Crippen molar-refractivity contribution in [1.82, 2.24) is 15.0 Å². The van der Waals surface area contributed by atoms with E-state index in [1.807, 2.05) is 36.4 Å². The van der Waals surface area contributed by atoms with E-state index in [0.717, 1.165) is 31.6 Å². The summed E-state index contributed by atoms with van der Waals surface area (Å²) in [5.74, 6) is 0.679. The zero-order valence-electron chi connectivity index (χ0n) is 13.4. The third-order valence-electron chi connectivity index (χ3n) is 3.98. The van der Waals surface area contributed by atoms with Crippen molar-refractivity contribution in [3.63, 3.8) is 0 Å². The van der Waals surface area contributed by atoms with Crippen LogP contribution in [0.4, 0.5) is 0 Å². The average molecular weight is 492 g/mol. The molecule has 2 aromatic heterocycles. The summed E-state index contributed by atoms with van der Waals surface area (Å²) in [5, 5.41) is 0.986. The lowest BCUT2D eigenvalue weighted by atomic mass is 10.1. The van der Waals surface area contributed by atoms with Gasteiger partial charge in [-0.15, -0.1) is 0 Å². The Bertz CT molecular complexity index is 1080. The number of H-pyrrole nitrogens is 1. The molecule has 0 unspecified atom stereocenters. The number of rotatable bonds is 3. The van der Waals surface area contributed by atoms with E-state index in [4.69, 9.17) is 28.2 Å². The first-order chi connectivity index (χ1) is 12.6. The predicted octanol–water partition coefficient (Wildman–Crippen LogP) is 6.72. The van der Waals surface area contributed by atoms with Gasteiger partial charge in [0.25, 0.3) is 0 Å². The highest BCUT2D eigenvalue weighted by Gasteiger charge is 2.17. The van der Waals surface area contributed by atoms with Gasteiger partial charge < -0.3 is 4.98 Å². The monoisotopic (exact) mass is 491 g/mol. The van der Waals surface area contributed by atoms with Crippen LogP contribution in [0.15, 0.2) is 67.0 Å². The molecule has 0 saturated carbocycles. The van der Waals surface area contributed by atoms with Gasteiger partial charge in [0.2, 0.25) is 0 Å². The van der Waals surface area contributed by atoms with Crippen LogP contribution >= 0.6 is 45.8 Å². The maximum atomic E-state index is 6.40. The van der Waals surface area contributed by atoms with Gasteiger partial charge in [-0.3, -0.25) is 4.98 Å². The van der Waals surface area contributed by atoms with Crippen LogP contribution in [0.1, 0.15) is 0 Å². The fourth-order valence-corrected chi connectivity index (χ4v) is 3.69. The van der Waals surface area contributed by atoms with E-state index in [0.29, 0.717) is 15.9 Å². The van der Waals surface area contributed by atoms with E-state index in [1.54, 1.807) is 18.5 Å². The highest BCUT2D eigenvalue weighted by molar-refractivity contribution is 14.1. The van der Waals surface area contributed by atoms with Gasteiger partial charge >= 0.3 is 0 Å². The minimum absolute atomic E-state index is 0.485. The topological polar surface area (TPSA) is 41.6 Å². The maximum absolute atomic E-state index is 6.40. The first-order valence-corrected chi connectivity index (χ1v) is 9.67. The summed E-state index contributed by atoms with van der Waals surface area (Å²) < 4.78 is 1.14. The smallest absolute Gasteiger partial charge is 0.140 e. The minimum atomic E-state index is 0.485. The first-order valence-electron chi connectivity index (χ1n) is 7.84. The van der Waals surface area contributed by atoms with Crippen molar-refractivity contribution in [2.75, 3.05) is 0 Å². The Morgan fingerprint density at radius 1 is 0.885 bits per heavy atom. The van der Waals surface area contributed by atoms with Crippen LogP contribution in [0.5, 0.6) is 0 Å². The van der Waals surface area contributed by atoms with E-state index in [2.05, 4.69) is 44.7 Å². The third-order valence-corrected chi connectivity index (χ3v) is 5.47. The second kappa shape index (κ2) is 7.39. The molecule has 2 heterocycles. The summed E-state index contributed by atoms with van der Waals surface area (Å²) in [5.41, 5.74) is 4.59. The number of hydrogen-bond acceptors (Lipinski definition) is 2. The van der Waals surface area contributed by atoms with Crippen molar-refractivity contribution in [1.29, 1.82) is 0 Å². The lowest BCUT2D eigenvalue weighted by Gasteiger charge is -2.03. The average Bonchev–Trinajstić information content (AvgIpc) is 3.10. The number of nitrogens with zero attached hydrogens (tertiary/aromatic N) is 2. The Balaban J connectivity index is 1.95. The van der Waals surface area contributed by atoms with Crippen molar-refractivity contribution >= 4 is 45.8 Å². The molecule has 0 aliphatic heterocycles. The largest absolute Gasteiger partial charge is 0.337 e. The number of aromatic amines is 1. The first kappa shape index (κ1) is 17.5. The van der Waals surface area contributed by atoms with Gasteiger partial charge in [-0.05, 0) is 59.0 Å². The third kappa shape index (κ3) is 3.37. The lowest BCUT2D eigenvalue weighted by Crippen LogP contribution is -1.85. The number of hydrogen-bond donors (Lipinski definition) is 1. The number of halogens is 3. The summed E-state index contributed by atoms with van der Waals surface area (Å²) in [6.45, 7) is 0. The maximum Gasteiger partial charge on any atom is 0.140 e. The Hall–Kier alpha value is -1.89. The molecule has 6 heteroatoms. The molecule has 1 N–H and O–H groups in total. The number of pyridine rings is 1. The van der Waals surface area contributed by atoms with E-state index < -0.39 is 0 Å². The molecule has 0 aliphatic rings. The Labute approximate surface area is 174 Å². The fraction of sp³-hybridized carbons (Fsp3) is 0. The standard InChI is InChI=1S/C20H12Cl2IN3/c21-16-6-2-5-15(17(16)22)20-25-18(12-7-9-24-10-8-12)19(26-20)13-3-1-4-14(23)11-13/h1-11H,(H,25,26). The van der Waals surface area contributed by atoms with Gasteiger partial charge in [-0.2, -0.15) is 0 Å². The van der Waals surface area contributed by atoms with Crippen LogP contribution in [0.3, 0.4) is 0 Å². The molecule has 0 radical (unpaired) electrons. The molecular weight excluding hydrogens is 480 g/mol.